The van der Waals surface area contributed by atoms with E-state index in [1.165, 1.54) is 5.56 Å². The Labute approximate surface area is 101 Å². The highest BCUT2D eigenvalue weighted by molar-refractivity contribution is 5.87. The molecular formula is C15H14O2. The van der Waals surface area contributed by atoms with E-state index in [1.807, 2.05) is 30.3 Å². The van der Waals surface area contributed by atoms with Crippen molar-refractivity contribution in [1.82, 2.24) is 0 Å². The van der Waals surface area contributed by atoms with Crippen LogP contribution in [0.4, 0.5) is 0 Å². The van der Waals surface area contributed by atoms with Crippen LogP contribution in [0.3, 0.4) is 0 Å². The van der Waals surface area contributed by atoms with Crippen LogP contribution in [-0.2, 0) is 0 Å². The molecule has 17 heavy (non-hydrogen) atoms. The molecule has 86 valence electrons. The molecular weight excluding hydrogens is 212 g/mol. The van der Waals surface area contributed by atoms with Crippen molar-refractivity contribution in [2.24, 2.45) is 0 Å². The minimum Gasteiger partial charge on any atom is -0.478 e. The summed E-state index contributed by atoms with van der Waals surface area (Å²) < 4.78 is 0. The molecule has 0 amide bonds. The van der Waals surface area contributed by atoms with Gasteiger partial charge in [-0.05, 0) is 23.3 Å². The monoisotopic (exact) mass is 226 g/mol. The summed E-state index contributed by atoms with van der Waals surface area (Å²) in [5.74, 6) is -0.608. The highest BCUT2D eigenvalue weighted by Gasteiger charge is 2.09. The SMILES string of the molecule is CC(c1ccccc1)c1ccc(C(=O)O)cc1. The molecule has 2 nitrogen and oxygen atoms in total. The zero-order chi connectivity index (χ0) is 12.3. The molecule has 2 heteroatoms. The smallest absolute Gasteiger partial charge is 0.335 e. The Hall–Kier alpha value is -2.09. The maximum Gasteiger partial charge on any atom is 0.335 e. The molecule has 0 aliphatic rings. The summed E-state index contributed by atoms with van der Waals surface area (Å²) in [4.78, 5) is 10.8. The van der Waals surface area contributed by atoms with E-state index in [2.05, 4.69) is 19.1 Å². The van der Waals surface area contributed by atoms with Gasteiger partial charge in [0.05, 0.1) is 5.56 Å². The first-order valence-electron chi connectivity index (χ1n) is 5.56. The van der Waals surface area contributed by atoms with Crippen molar-refractivity contribution in [3.63, 3.8) is 0 Å². The molecule has 0 radical (unpaired) electrons. The standard InChI is InChI=1S/C15H14O2/c1-11(12-5-3-2-4-6-12)13-7-9-14(10-8-13)15(16)17/h2-11H,1H3,(H,16,17). The molecule has 2 aromatic rings. The largest absolute Gasteiger partial charge is 0.478 e. The zero-order valence-corrected chi connectivity index (χ0v) is 9.63. The zero-order valence-electron chi connectivity index (χ0n) is 9.63. The number of aromatic carboxylic acids is 1. The molecule has 1 atom stereocenters. The van der Waals surface area contributed by atoms with Gasteiger partial charge in [0, 0.05) is 5.92 Å². The summed E-state index contributed by atoms with van der Waals surface area (Å²) in [6.07, 6.45) is 0. The number of hydrogen-bond acceptors (Lipinski definition) is 1. The maximum atomic E-state index is 10.8. The summed E-state index contributed by atoms with van der Waals surface area (Å²) in [6, 6.07) is 17.2. The van der Waals surface area contributed by atoms with E-state index in [-0.39, 0.29) is 5.92 Å². The third-order valence-corrected chi connectivity index (χ3v) is 2.96. The highest BCUT2D eigenvalue weighted by atomic mass is 16.4. The van der Waals surface area contributed by atoms with Crippen LogP contribution in [0.25, 0.3) is 0 Å². The van der Waals surface area contributed by atoms with Crippen LogP contribution >= 0.6 is 0 Å². The van der Waals surface area contributed by atoms with Crippen LogP contribution in [0.2, 0.25) is 0 Å². The van der Waals surface area contributed by atoms with Crippen LogP contribution < -0.4 is 0 Å². The molecule has 0 saturated carbocycles. The first-order valence-corrected chi connectivity index (χ1v) is 5.56. The van der Waals surface area contributed by atoms with Gasteiger partial charge in [0.15, 0.2) is 0 Å². The van der Waals surface area contributed by atoms with Crippen LogP contribution in [0.15, 0.2) is 54.6 Å². The van der Waals surface area contributed by atoms with E-state index in [9.17, 15) is 4.79 Å². The predicted octanol–water partition coefficient (Wildman–Crippen LogP) is 3.54. The highest BCUT2D eigenvalue weighted by Crippen LogP contribution is 2.23. The molecule has 0 aliphatic heterocycles. The molecule has 2 rings (SSSR count). The van der Waals surface area contributed by atoms with Crippen molar-refractivity contribution in [3.05, 3.63) is 71.3 Å². The first-order chi connectivity index (χ1) is 8.18. The Morgan fingerprint density at radius 3 is 2.00 bits per heavy atom. The number of carbonyl (C=O) groups is 1. The number of carboxylic acids is 1. The maximum absolute atomic E-state index is 10.8. The summed E-state index contributed by atoms with van der Waals surface area (Å²) in [7, 11) is 0. The Bertz CT molecular complexity index is 500. The molecule has 2 aromatic carbocycles. The molecule has 0 spiro atoms. The van der Waals surface area contributed by atoms with Gasteiger partial charge in [0.1, 0.15) is 0 Å². The Morgan fingerprint density at radius 1 is 0.941 bits per heavy atom. The average molecular weight is 226 g/mol. The lowest BCUT2D eigenvalue weighted by molar-refractivity contribution is 0.0697. The summed E-state index contributed by atoms with van der Waals surface area (Å²) >= 11 is 0. The minimum absolute atomic E-state index is 0.277. The number of benzene rings is 2. The van der Waals surface area contributed by atoms with E-state index in [0.29, 0.717) is 5.56 Å². The normalized spacial score (nSPS) is 12.1. The molecule has 0 saturated heterocycles. The predicted molar refractivity (Wildman–Crippen MR) is 67.4 cm³/mol. The van der Waals surface area contributed by atoms with Crippen molar-refractivity contribution in [3.8, 4) is 0 Å². The minimum atomic E-state index is -0.885. The quantitative estimate of drug-likeness (QED) is 0.869. The lowest BCUT2D eigenvalue weighted by Gasteiger charge is -2.12. The van der Waals surface area contributed by atoms with Gasteiger partial charge in [0.25, 0.3) is 0 Å². The number of carboxylic acid groups (broad SMARTS) is 1. The Balaban J connectivity index is 2.26. The molecule has 1 N–H and O–H groups in total. The van der Waals surface area contributed by atoms with Crippen molar-refractivity contribution in [2.75, 3.05) is 0 Å². The van der Waals surface area contributed by atoms with Gasteiger partial charge >= 0.3 is 5.97 Å². The third kappa shape index (κ3) is 2.53. The fourth-order valence-electron chi connectivity index (χ4n) is 1.85. The summed E-state index contributed by atoms with van der Waals surface area (Å²) in [6.45, 7) is 2.12. The fourth-order valence-corrected chi connectivity index (χ4v) is 1.85. The topological polar surface area (TPSA) is 37.3 Å². The van der Waals surface area contributed by atoms with Gasteiger partial charge in [-0.2, -0.15) is 0 Å². The summed E-state index contributed by atoms with van der Waals surface area (Å²) in [5.41, 5.74) is 2.69. The lowest BCUT2D eigenvalue weighted by atomic mass is 9.93. The fraction of sp³-hybridized carbons (Fsp3) is 0.133. The van der Waals surface area contributed by atoms with E-state index < -0.39 is 5.97 Å². The number of rotatable bonds is 3. The van der Waals surface area contributed by atoms with Gasteiger partial charge in [-0.3, -0.25) is 0 Å². The van der Waals surface area contributed by atoms with Crippen molar-refractivity contribution >= 4 is 5.97 Å². The van der Waals surface area contributed by atoms with Gasteiger partial charge in [0.2, 0.25) is 0 Å². The molecule has 0 bridgehead atoms. The van der Waals surface area contributed by atoms with Crippen molar-refractivity contribution < 1.29 is 9.90 Å². The van der Waals surface area contributed by atoms with Gasteiger partial charge in [-0.25, -0.2) is 4.79 Å². The van der Waals surface area contributed by atoms with E-state index in [0.717, 1.165) is 5.56 Å². The Morgan fingerprint density at radius 2 is 1.47 bits per heavy atom. The third-order valence-electron chi connectivity index (χ3n) is 2.96. The van der Waals surface area contributed by atoms with E-state index in [4.69, 9.17) is 5.11 Å². The van der Waals surface area contributed by atoms with Crippen LogP contribution in [-0.4, -0.2) is 11.1 Å². The second-order valence-corrected chi connectivity index (χ2v) is 4.06. The van der Waals surface area contributed by atoms with Crippen molar-refractivity contribution in [2.45, 2.75) is 12.8 Å². The van der Waals surface area contributed by atoms with E-state index >= 15 is 0 Å². The van der Waals surface area contributed by atoms with Crippen LogP contribution in [0.1, 0.15) is 34.3 Å². The van der Waals surface area contributed by atoms with Gasteiger partial charge in [-0.1, -0.05) is 49.4 Å². The van der Waals surface area contributed by atoms with Crippen molar-refractivity contribution in [1.29, 1.82) is 0 Å². The Kier molecular flexibility index (Phi) is 3.24. The number of hydrogen-bond donors (Lipinski definition) is 1. The van der Waals surface area contributed by atoms with Crippen LogP contribution in [0.5, 0.6) is 0 Å². The van der Waals surface area contributed by atoms with Crippen LogP contribution in [0, 0.1) is 0 Å². The summed E-state index contributed by atoms with van der Waals surface area (Å²) in [5, 5.41) is 8.83. The molecule has 0 aliphatic carbocycles. The second kappa shape index (κ2) is 4.83. The van der Waals surface area contributed by atoms with Gasteiger partial charge < -0.3 is 5.11 Å². The molecule has 0 heterocycles. The molecule has 1 unspecified atom stereocenters. The lowest BCUT2D eigenvalue weighted by Crippen LogP contribution is -1.99. The van der Waals surface area contributed by atoms with E-state index in [1.54, 1.807) is 12.1 Å². The second-order valence-electron chi connectivity index (χ2n) is 4.06. The molecule has 0 aromatic heterocycles. The van der Waals surface area contributed by atoms with Gasteiger partial charge in [-0.15, -0.1) is 0 Å². The average Bonchev–Trinajstić information content (AvgIpc) is 2.39. The first kappa shape index (κ1) is 11.4. The molecule has 0 fully saturated rings.